The van der Waals surface area contributed by atoms with Gasteiger partial charge in [-0.2, -0.15) is 0 Å². The predicted molar refractivity (Wildman–Crippen MR) is 118 cm³/mol. The summed E-state index contributed by atoms with van der Waals surface area (Å²) in [6.07, 6.45) is 2.52. The highest BCUT2D eigenvalue weighted by atomic mass is 79.9. The number of halogens is 1. The average Bonchev–Trinajstić information content (AvgIpc) is 3.07. The van der Waals surface area contributed by atoms with Crippen LogP contribution < -0.4 is 20.3 Å². The number of carbonyl (C=O) groups is 1. The SMILES string of the molecule is CCOc1cc2c(cc1NC(=O)CCn1cnc3ccc(Br)cc3c1=O)O[C@H](C)C2. The summed E-state index contributed by atoms with van der Waals surface area (Å²) in [6, 6.07) is 9.09. The van der Waals surface area contributed by atoms with Crippen molar-refractivity contribution >= 4 is 38.4 Å². The Morgan fingerprint density at radius 3 is 3.00 bits per heavy atom. The second-order valence-electron chi connectivity index (χ2n) is 7.22. The van der Waals surface area contributed by atoms with E-state index in [0.29, 0.717) is 28.9 Å². The standard InChI is InChI=1S/C22H22BrN3O4/c1-3-29-20-9-14-8-13(2)30-19(14)11-18(20)25-21(27)6-7-26-12-24-17-5-4-15(23)10-16(17)22(26)28/h4-5,9-13H,3,6-8H2,1-2H3,(H,25,27)/t13-/m1/s1. The Morgan fingerprint density at radius 1 is 1.37 bits per heavy atom. The molecule has 1 aliphatic heterocycles. The smallest absolute Gasteiger partial charge is 0.261 e. The highest BCUT2D eigenvalue weighted by Crippen LogP contribution is 2.38. The summed E-state index contributed by atoms with van der Waals surface area (Å²) in [5.74, 6) is 1.17. The molecule has 8 heteroatoms. The summed E-state index contributed by atoms with van der Waals surface area (Å²) in [7, 11) is 0. The van der Waals surface area contributed by atoms with Crippen molar-refractivity contribution in [1.82, 2.24) is 9.55 Å². The number of aromatic nitrogens is 2. The zero-order valence-electron chi connectivity index (χ0n) is 16.8. The summed E-state index contributed by atoms with van der Waals surface area (Å²) >= 11 is 3.37. The van der Waals surface area contributed by atoms with E-state index in [1.54, 1.807) is 12.1 Å². The molecule has 30 heavy (non-hydrogen) atoms. The molecular formula is C22H22BrN3O4. The third-order valence-electron chi connectivity index (χ3n) is 4.94. The van der Waals surface area contributed by atoms with Crippen molar-refractivity contribution in [3.8, 4) is 11.5 Å². The molecule has 1 aliphatic rings. The number of nitrogens with one attached hydrogen (secondary N) is 1. The number of amides is 1. The fraction of sp³-hybridized carbons (Fsp3) is 0.318. The highest BCUT2D eigenvalue weighted by molar-refractivity contribution is 9.10. The van der Waals surface area contributed by atoms with Crippen LogP contribution in [0.15, 0.2) is 45.9 Å². The van der Waals surface area contributed by atoms with Gasteiger partial charge in [0.25, 0.3) is 5.56 Å². The number of anilines is 1. The number of hydrogen-bond acceptors (Lipinski definition) is 5. The Kier molecular flexibility index (Phi) is 5.76. The maximum absolute atomic E-state index is 12.7. The van der Waals surface area contributed by atoms with Crippen LogP contribution in [0.25, 0.3) is 10.9 Å². The molecule has 2 aromatic carbocycles. The summed E-state index contributed by atoms with van der Waals surface area (Å²) in [5.41, 5.74) is 2.09. The van der Waals surface area contributed by atoms with E-state index >= 15 is 0 Å². The lowest BCUT2D eigenvalue weighted by molar-refractivity contribution is -0.116. The van der Waals surface area contributed by atoms with E-state index in [1.807, 2.05) is 32.0 Å². The van der Waals surface area contributed by atoms with Gasteiger partial charge in [0.1, 0.15) is 17.6 Å². The Bertz CT molecular complexity index is 1170. The molecule has 3 aromatic rings. The van der Waals surface area contributed by atoms with Crippen LogP contribution >= 0.6 is 15.9 Å². The number of ether oxygens (including phenoxy) is 2. The van der Waals surface area contributed by atoms with Crippen molar-refractivity contribution in [3.63, 3.8) is 0 Å². The summed E-state index contributed by atoms with van der Waals surface area (Å²) in [5, 5.41) is 3.40. The topological polar surface area (TPSA) is 82.5 Å². The van der Waals surface area contributed by atoms with E-state index in [4.69, 9.17) is 9.47 Å². The first kappa shape index (κ1) is 20.4. The minimum atomic E-state index is -0.219. The Morgan fingerprint density at radius 2 is 2.20 bits per heavy atom. The van der Waals surface area contributed by atoms with Gasteiger partial charge in [0.15, 0.2) is 0 Å². The molecule has 156 valence electrons. The molecule has 1 amide bonds. The van der Waals surface area contributed by atoms with Gasteiger partial charge in [-0.1, -0.05) is 15.9 Å². The average molecular weight is 472 g/mol. The first-order chi connectivity index (χ1) is 14.4. The van der Waals surface area contributed by atoms with E-state index < -0.39 is 0 Å². The molecule has 1 atom stereocenters. The minimum Gasteiger partial charge on any atom is -0.492 e. The largest absolute Gasteiger partial charge is 0.492 e. The number of aryl methyl sites for hydroxylation is 1. The summed E-state index contributed by atoms with van der Waals surface area (Å²) in [4.78, 5) is 29.6. The van der Waals surface area contributed by atoms with Crippen LogP contribution in [0.5, 0.6) is 11.5 Å². The lowest BCUT2D eigenvalue weighted by atomic mass is 10.1. The first-order valence-electron chi connectivity index (χ1n) is 9.85. The third-order valence-corrected chi connectivity index (χ3v) is 5.43. The maximum Gasteiger partial charge on any atom is 0.261 e. The predicted octanol–water partition coefficient (Wildman–Crippen LogP) is 3.91. The number of rotatable bonds is 6. The molecule has 0 aliphatic carbocycles. The van der Waals surface area contributed by atoms with Crippen LogP contribution in [0.1, 0.15) is 25.8 Å². The van der Waals surface area contributed by atoms with Crippen LogP contribution in [0, 0.1) is 0 Å². The zero-order valence-corrected chi connectivity index (χ0v) is 18.4. The molecule has 0 bridgehead atoms. The van der Waals surface area contributed by atoms with E-state index in [2.05, 4.69) is 26.2 Å². The molecule has 0 radical (unpaired) electrons. The molecule has 0 saturated heterocycles. The van der Waals surface area contributed by atoms with E-state index in [-0.39, 0.29) is 30.5 Å². The monoisotopic (exact) mass is 471 g/mol. The van der Waals surface area contributed by atoms with Crippen molar-refractivity contribution in [2.75, 3.05) is 11.9 Å². The number of benzene rings is 2. The van der Waals surface area contributed by atoms with Crippen LogP contribution in [0.4, 0.5) is 5.69 Å². The fourth-order valence-corrected chi connectivity index (χ4v) is 3.90. The lowest BCUT2D eigenvalue weighted by Gasteiger charge is -2.14. The molecule has 0 unspecified atom stereocenters. The Balaban J connectivity index is 1.49. The van der Waals surface area contributed by atoms with Gasteiger partial charge in [0.2, 0.25) is 5.91 Å². The summed E-state index contributed by atoms with van der Waals surface area (Å²) in [6.45, 7) is 4.62. The van der Waals surface area contributed by atoms with Crippen molar-refractivity contribution < 1.29 is 14.3 Å². The number of carbonyl (C=O) groups excluding carboxylic acids is 1. The summed E-state index contributed by atoms with van der Waals surface area (Å²) < 4.78 is 13.7. The quantitative estimate of drug-likeness (QED) is 0.589. The fourth-order valence-electron chi connectivity index (χ4n) is 3.54. The van der Waals surface area contributed by atoms with Gasteiger partial charge >= 0.3 is 0 Å². The van der Waals surface area contributed by atoms with Gasteiger partial charge in [0.05, 0.1) is 29.5 Å². The lowest BCUT2D eigenvalue weighted by Crippen LogP contribution is -2.23. The zero-order chi connectivity index (χ0) is 21.3. The molecule has 7 nitrogen and oxygen atoms in total. The van der Waals surface area contributed by atoms with Gasteiger partial charge < -0.3 is 14.8 Å². The van der Waals surface area contributed by atoms with E-state index in [9.17, 15) is 9.59 Å². The first-order valence-corrected chi connectivity index (χ1v) is 10.6. The second kappa shape index (κ2) is 8.47. The van der Waals surface area contributed by atoms with Gasteiger partial charge in [0, 0.05) is 35.5 Å². The van der Waals surface area contributed by atoms with Gasteiger partial charge in [-0.3, -0.25) is 14.2 Å². The van der Waals surface area contributed by atoms with Crippen LogP contribution in [-0.4, -0.2) is 28.2 Å². The molecule has 4 rings (SSSR count). The van der Waals surface area contributed by atoms with Crippen molar-refractivity contribution in [1.29, 1.82) is 0 Å². The normalized spacial score (nSPS) is 15.0. The molecular weight excluding hydrogens is 450 g/mol. The molecule has 0 spiro atoms. The van der Waals surface area contributed by atoms with Gasteiger partial charge in [-0.15, -0.1) is 0 Å². The number of fused-ring (bicyclic) bond motifs is 2. The van der Waals surface area contributed by atoms with Gasteiger partial charge in [-0.05, 0) is 38.1 Å². The van der Waals surface area contributed by atoms with E-state index in [1.165, 1.54) is 10.9 Å². The van der Waals surface area contributed by atoms with Crippen LogP contribution in [-0.2, 0) is 17.8 Å². The van der Waals surface area contributed by atoms with E-state index in [0.717, 1.165) is 22.2 Å². The van der Waals surface area contributed by atoms with Crippen molar-refractivity contribution in [2.24, 2.45) is 0 Å². The molecule has 0 fully saturated rings. The molecule has 1 aromatic heterocycles. The van der Waals surface area contributed by atoms with Crippen LogP contribution in [0.2, 0.25) is 0 Å². The minimum absolute atomic E-state index is 0.104. The van der Waals surface area contributed by atoms with Gasteiger partial charge in [-0.25, -0.2) is 4.98 Å². The molecule has 0 saturated carbocycles. The van der Waals surface area contributed by atoms with Crippen molar-refractivity contribution in [3.05, 3.63) is 57.0 Å². The Labute approximate surface area is 182 Å². The van der Waals surface area contributed by atoms with Crippen LogP contribution in [0.3, 0.4) is 0 Å². The molecule has 2 heterocycles. The maximum atomic E-state index is 12.7. The highest BCUT2D eigenvalue weighted by Gasteiger charge is 2.22. The van der Waals surface area contributed by atoms with Crippen molar-refractivity contribution in [2.45, 2.75) is 39.3 Å². The number of nitrogens with zero attached hydrogens (tertiary/aromatic N) is 2. The Hall–Kier alpha value is -2.87. The molecule has 1 N–H and O–H groups in total. The second-order valence-corrected chi connectivity index (χ2v) is 8.14. The third kappa shape index (κ3) is 4.18. The number of hydrogen-bond donors (Lipinski definition) is 1.